The number of esters is 4. The average Bonchev–Trinajstić information content (AvgIpc) is 3.13. The number of Topliss-reactive ketones (excluding diaryl/α,β-unsaturated/α-hetero) is 2. The normalized spacial score (nSPS) is 12.0. The Hall–Kier alpha value is -6.98. The van der Waals surface area contributed by atoms with Gasteiger partial charge >= 0.3 is 23.9 Å². The first kappa shape index (κ1) is 39.5. The lowest BCUT2D eigenvalue weighted by Gasteiger charge is -2.12. The van der Waals surface area contributed by atoms with Gasteiger partial charge in [0.05, 0.1) is 50.7 Å². The third kappa shape index (κ3) is 10.0. The highest BCUT2D eigenvalue weighted by molar-refractivity contribution is 6.11. The summed E-state index contributed by atoms with van der Waals surface area (Å²) in [6.45, 7) is 2.20. The molecule has 0 bridgehead atoms. The largest absolute Gasteiger partial charge is 0.465 e. The van der Waals surface area contributed by atoms with E-state index in [1.165, 1.54) is 60.7 Å². The molecule has 52 heavy (non-hydrogen) atoms. The van der Waals surface area contributed by atoms with E-state index >= 15 is 0 Å². The van der Waals surface area contributed by atoms with Crippen molar-refractivity contribution in [1.82, 2.24) is 0 Å². The van der Waals surface area contributed by atoms with Gasteiger partial charge in [-0.15, -0.1) is 0 Å². The second kappa shape index (κ2) is 18.1. The fourth-order valence-electron chi connectivity index (χ4n) is 4.22. The highest BCUT2D eigenvalue weighted by Gasteiger charge is 2.26. The summed E-state index contributed by atoms with van der Waals surface area (Å²) in [5, 5.41) is 20.4. The molecule has 18 nitrogen and oxygen atoms in total. The van der Waals surface area contributed by atoms with Gasteiger partial charge in [-0.1, -0.05) is 0 Å². The lowest BCUT2D eigenvalue weighted by molar-refractivity contribution is -0.127. The average molecular weight is 717 g/mol. The number of nitrogens with one attached hydrogen (secondary N) is 2. The van der Waals surface area contributed by atoms with E-state index in [2.05, 4.69) is 40.6 Å². The number of amides is 2. The lowest BCUT2D eigenvalue weighted by atomic mass is 10.1. The van der Waals surface area contributed by atoms with Crippen molar-refractivity contribution in [3.63, 3.8) is 0 Å². The fourth-order valence-corrected chi connectivity index (χ4v) is 4.22. The first-order valence-corrected chi connectivity index (χ1v) is 14.9. The van der Waals surface area contributed by atoms with Crippen LogP contribution in [0.3, 0.4) is 0 Å². The molecule has 0 saturated heterocycles. The highest BCUT2D eigenvalue weighted by Crippen LogP contribution is 2.25. The Morgan fingerprint density at radius 2 is 0.827 bits per heavy atom. The molecule has 0 unspecified atom stereocenters. The van der Waals surface area contributed by atoms with Gasteiger partial charge in [0.25, 0.3) is 11.8 Å². The van der Waals surface area contributed by atoms with E-state index in [0.717, 1.165) is 42.3 Å². The molecule has 2 N–H and O–H groups in total. The van der Waals surface area contributed by atoms with Crippen molar-refractivity contribution in [2.45, 2.75) is 25.9 Å². The van der Waals surface area contributed by atoms with Crippen molar-refractivity contribution in [3.05, 3.63) is 82.9 Å². The second-order valence-electron chi connectivity index (χ2n) is 10.4. The number of rotatable bonds is 14. The van der Waals surface area contributed by atoms with Crippen LogP contribution in [0.4, 0.5) is 22.7 Å². The van der Waals surface area contributed by atoms with Crippen LogP contribution >= 0.6 is 0 Å². The van der Waals surface area contributed by atoms with Crippen LogP contribution in [0.2, 0.25) is 0 Å². The minimum atomic E-state index is -1.67. The predicted molar refractivity (Wildman–Crippen MR) is 180 cm³/mol. The van der Waals surface area contributed by atoms with Crippen molar-refractivity contribution >= 4 is 70.0 Å². The Morgan fingerprint density at radius 1 is 0.500 bits per heavy atom. The van der Waals surface area contributed by atoms with Gasteiger partial charge in [0.2, 0.25) is 12.1 Å². The minimum absolute atomic E-state index is 0.0240. The number of azo groups is 2. The van der Waals surface area contributed by atoms with Crippen LogP contribution in [0.15, 0.2) is 81.1 Å². The first-order valence-electron chi connectivity index (χ1n) is 14.9. The summed E-state index contributed by atoms with van der Waals surface area (Å²) >= 11 is 0. The Labute approximate surface area is 295 Å². The maximum atomic E-state index is 13.0. The molecule has 0 aliphatic rings. The van der Waals surface area contributed by atoms with Gasteiger partial charge in [0, 0.05) is 11.4 Å². The van der Waals surface area contributed by atoms with Gasteiger partial charge in [-0.2, -0.15) is 20.5 Å². The summed E-state index contributed by atoms with van der Waals surface area (Å²) in [5.74, 6) is -6.26. The highest BCUT2D eigenvalue weighted by atomic mass is 16.5. The van der Waals surface area contributed by atoms with Gasteiger partial charge in [0.15, 0.2) is 11.6 Å². The predicted octanol–water partition coefficient (Wildman–Crippen LogP) is 4.19. The van der Waals surface area contributed by atoms with E-state index in [-0.39, 0.29) is 45.0 Å². The van der Waals surface area contributed by atoms with Gasteiger partial charge < -0.3 is 29.6 Å². The quantitative estimate of drug-likeness (QED) is 0.103. The molecule has 3 aromatic rings. The zero-order chi connectivity index (χ0) is 38.5. The number of methoxy groups -OCH3 is 4. The monoisotopic (exact) mass is 716 g/mol. The molecule has 0 fully saturated rings. The van der Waals surface area contributed by atoms with Crippen LogP contribution in [0.25, 0.3) is 0 Å². The Kier molecular flexibility index (Phi) is 13.8. The van der Waals surface area contributed by atoms with Crippen LogP contribution in [0, 0.1) is 0 Å². The van der Waals surface area contributed by atoms with Crippen molar-refractivity contribution in [2.75, 3.05) is 39.1 Å². The van der Waals surface area contributed by atoms with E-state index in [4.69, 9.17) is 9.47 Å². The zero-order valence-corrected chi connectivity index (χ0v) is 28.6. The summed E-state index contributed by atoms with van der Waals surface area (Å²) < 4.78 is 18.8. The number of nitrogens with zero attached hydrogens (tertiary/aromatic N) is 4. The van der Waals surface area contributed by atoms with E-state index < -0.39 is 59.3 Å². The lowest BCUT2D eigenvalue weighted by Crippen LogP contribution is -2.32. The van der Waals surface area contributed by atoms with Gasteiger partial charge in [-0.3, -0.25) is 19.2 Å². The van der Waals surface area contributed by atoms with Crippen molar-refractivity contribution in [2.24, 2.45) is 20.5 Å². The number of hydrogen-bond acceptors (Lipinski definition) is 16. The van der Waals surface area contributed by atoms with Crippen LogP contribution in [-0.2, 0) is 38.1 Å². The molecule has 270 valence electrons. The molecule has 0 spiro atoms. The summed E-state index contributed by atoms with van der Waals surface area (Å²) in [6, 6.07) is 9.66. The molecular weight excluding hydrogens is 684 g/mol. The molecule has 2 amide bonds. The Morgan fingerprint density at radius 3 is 1.12 bits per heavy atom. The van der Waals surface area contributed by atoms with E-state index in [9.17, 15) is 38.4 Å². The third-order valence-corrected chi connectivity index (χ3v) is 6.90. The summed E-state index contributed by atoms with van der Waals surface area (Å²) in [5.41, 5.74) is -0.0939. The Bertz CT molecular complexity index is 1830. The van der Waals surface area contributed by atoms with Gasteiger partial charge in [-0.25, -0.2) is 19.2 Å². The zero-order valence-electron chi connectivity index (χ0n) is 28.6. The topological polar surface area (TPSA) is 247 Å². The molecule has 0 heterocycles. The van der Waals surface area contributed by atoms with E-state index in [1.807, 2.05) is 0 Å². The van der Waals surface area contributed by atoms with Gasteiger partial charge in [0.1, 0.15) is 11.4 Å². The maximum Gasteiger partial charge on any atom is 0.340 e. The van der Waals surface area contributed by atoms with Crippen molar-refractivity contribution in [3.8, 4) is 0 Å². The number of hydrogen-bond donors (Lipinski definition) is 2. The van der Waals surface area contributed by atoms with Gasteiger partial charge in [-0.05, 0) is 74.5 Å². The SMILES string of the molecule is COC(=O)c1ccc(C(=O)OC)c(N=N[C@H](C(C)=O)C(=O)Nc2ccc(NC(=O)[C@@H](N=Nc3cc(C(=O)OC)ccc3C(=O)OC)C(C)=O)cc2)c1. The summed E-state index contributed by atoms with van der Waals surface area (Å²) in [7, 11) is 4.58. The molecule has 0 aromatic heterocycles. The molecule has 2 atom stereocenters. The number of carbonyl (C=O) groups is 8. The van der Waals surface area contributed by atoms with Crippen LogP contribution in [0.1, 0.15) is 55.3 Å². The first-order chi connectivity index (χ1) is 24.7. The van der Waals surface area contributed by atoms with Crippen LogP contribution < -0.4 is 10.6 Å². The molecule has 0 aliphatic heterocycles. The second-order valence-corrected chi connectivity index (χ2v) is 10.4. The maximum absolute atomic E-state index is 13.0. The molecular formula is C34H32N6O12. The number of ether oxygens (including phenoxy) is 4. The molecule has 18 heteroatoms. The third-order valence-electron chi connectivity index (χ3n) is 6.90. The molecule has 3 rings (SSSR count). The summed E-state index contributed by atoms with van der Waals surface area (Å²) in [6.07, 6.45) is 0. The standard InChI is InChI=1S/C34H32N6O12/c1-17(41)27(39-37-25-15-19(31(45)49-3)7-13-23(25)33(47)51-5)29(43)35-21-9-11-22(12-10-21)36-30(44)28(18(2)42)40-38-26-16-20(32(46)50-4)8-14-24(26)34(48)52-6/h7-16,27-28H,1-6H3,(H,35,43)(H,36,44)/t27-,28+. The fraction of sp³-hybridized carbons (Fsp3) is 0.235. The molecule has 0 saturated carbocycles. The summed E-state index contributed by atoms with van der Waals surface area (Å²) in [4.78, 5) is 99.1. The number of ketones is 2. The van der Waals surface area contributed by atoms with Crippen LogP contribution in [-0.4, -0.2) is 87.8 Å². The smallest absolute Gasteiger partial charge is 0.340 e. The number of anilines is 2. The Balaban J connectivity index is 1.78. The number of benzene rings is 3. The molecule has 0 aliphatic carbocycles. The van der Waals surface area contributed by atoms with Crippen molar-refractivity contribution in [1.29, 1.82) is 0 Å². The molecule has 3 aromatic carbocycles. The molecule has 0 radical (unpaired) electrons. The number of carbonyl (C=O) groups excluding carboxylic acids is 8. The van der Waals surface area contributed by atoms with Crippen LogP contribution in [0.5, 0.6) is 0 Å². The van der Waals surface area contributed by atoms with Crippen molar-refractivity contribution < 1.29 is 57.3 Å². The van der Waals surface area contributed by atoms with E-state index in [0.29, 0.717) is 0 Å². The minimum Gasteiger partial charge on any atom is -0.465 e. The van der Waals surface area contributed by atoms with E-state index in [1.54, 1.807) is 0 Å².